The molecule has 1 aromatic rings. The van der Waals surface area contributed by atoms with Crippen LogP contribution < -0.4 is 107 Å². The van der Waals surface area contributed by atoms with Gasteiger partial charge in [0.1, 0.15) is 0 Å². The zero-order valence-electron chi connectivity index (χ0n) is 6.09. The van der Waals surface area contributed by atoms with Crippen LogP contribution in [-0.4, -0.2) is 4.98 Å². The van der Waals surface area contributed by atoms with Crippen LogP contribution in [0.4, 0.5) is 0 Å². The summed E-state index contributed by atoms with van der Waals surface area (Å²) in [6, 6.07) is 5.72. The van der Waals surface area contributed by atoms with Gasteiger partial charge >= 0.3 is 59.1 Å². The zero-order valence-corrected chi connectivity index (χ0v) is 14.4. The standard InChI is InChI=1S/C5H5N.2HI.2Na/c1-2-4-6-5-3-1;;;;/h1-5H;2*1H;;/q;;;2*+1/p-2. The van der Waals surface area contributed by atoms with Crippen molar-refractivity contribution < 1.29 is 107 Å². The quantitative estimate of drug-likeness (QED) is 0.323. The molecular weight excluding hydrogens is 374 g/mol. The van der Waals surface area contributed by atoms with Crippen molar-refractivity contribution in [2.45, 2.75) is 0 Å². The second-order valence-corrected chi connectivity index (χ2v) is 1.02. The van der Waals surface area contributed by atoms with Crippen LogP contribution in [0.25, 0.3) is 0 Å². The Kier molecular flexibility index (Phi) is 40.4. The fraction of sp³-hybridized carbons (Fsp3) is 0. The minimum atomic E-state index is 0. The van der Waals surface area contributed by atoms with E-state index in [1.807, 2.05) is 18.2 Å². The number of rotatable bonds is 0. The predicted octanol–water partition coefficient (Wildman–Crippen LogP) is -10.9. The van der Waals surface area contributed by atoms with Crippen LogP contribution in [-0.2, 0) is 0 Å². The number of hydrogen-bond donors (Lipinski definition) is 0. The van der Waals surface area contributed by atoms with E-state index in [-0.39, 0.29) is 107 Å². The molecule has 1 heterocycles. The molecule has 1 rings (SSSR count). The van der Waals surface area contributed by atoms with Gasteiger partial charge in [0.25, 0.3) is 0 Å². The molecule has 5 heteroatoms. The van der Waals surface area contributed by atoms with Crippen LogP contribution in [0.15, 0.2) is 30.6 Å². The molecule has 10 heavy (non-hydrogen) atoms. The summed E-state index contributed by atoms with van der Waals surface area (Å²) < 4.78 is 0. The Balaban J connectivity index is -0.0000000450. The summed E-state index contributed by atoms with van der Waals surface area (Å²) in [6.45, 7) is 0. The van der Waals surface area contributed by atoms with Gasteiger partial charge in [0.15, 0.2) is 0 Å². The summed E-state index contributed by atoms with van der Waals surface area (Å²) in [5, 5.41) is 0. The van der Waals surface area contributed by atoms with E-state index in [0.717, 1.165) is 0 Å². The molecule has 0 unspecified atom stereocenters. The molecule has 0 aromatic carbocycles. The molecule has 46 valence electrons. The minimum Gasteiger partial charge on any atom is -1.00 e. The third kappa shape index (κ3) is 13.2. The molecule has 0 saturated carbocycles. The van der Waals surface area contributed by atoms with Crippen molar-refractivity contribution in [3.05, 3.63) is 30.6 Å². The third-order valence-corrected chi connectivity index (χ3v) is 0.566. The summed E-state index contributed by atoms with van der Waals surface area (Å²) in [5.41, 5.74) is 0. The normalized spacial score (nSPS) is 4.80. The van der Waals surface area contributed by atoms with Crippen molar-refractivity contribution in [1.29, 1.82) is 0 Å². The molecule has 1 nitrogen and oxygen atoms in total. The molecule has 0 aliphatic heterocycles. The van der Waals surface area contributed by atoms with Crippen molar-refractivity contribution >= 4 is 0 Å². The van der Waals surface area contributed by atoms with Crippen molar-refractivity contribution in [1.82, 2.24) is 4.98 Å². The topological polar surface area (TPSA) is 12.9 Å². The maximum atomic E-state index is 3.78. The monoisotopic (exact) mass is 379 g/mol. The zero-order chi connectivity index (χ0) is 4.24. The smallest absolute Gasteiger partial charge is 1.00 e. The molecule has 0 spiro atoms. The fourth-order valence-electron chi connectivity index (χ4n) is 0.313. The van der Waals surface area contributed by atoms with E-state index >= 15 is 0 Å². The Morgan fingerprint density at radius 3 is 1.20 bits per heavy atom. The van der Waals surface area contributed by atoms with Crippen LogP contribution in [0, 0.1) is 0 Å². The first-order valence-electron chi connectivity index (χ1n) is 1.85. The van der Waals surface area contributed by atoms with Gasteiger partial charge in [-0.1, -0.05) is 6.07 Å². The van der Waals surface area contributed by atoms with E-state index in [1.54, 1.807) is 12.4 Å². The molecular formula is C5H5I2NNa2. The largest absolute Gasteiger partial charge is 1.00 e. The maximum Gasteiger partial charge on any atom is 1.00 e. The second-order valence-electron chi connectivity index (χ2n) is 1.02. The SMILES string of the molecule is [I-].[I-].[Na+].[Na+].c1ccncc1. The molecule has 0 aliphatic carbocycles. The molecule has 0 fully saturated rings. The van der Waals surface area contributed by atoms with Crippen LogP contribution in [0.5, 0.6) is 0 Å². The average Bonchev–Trinajstić information content (AvgIpc) is 1.72. The van der Waals surface area contributed by atoms with E-state index < -0.39 is 0 Å². The summed E-state index contributed by atoms with van der Waals surface area (Å²) in [7, 11) is 0. The molecule has 0 saturated heterocycles. The van der Waals surface area contributed by atoms with Gasteiger partial charge in [-0.2, -0.15) is 0 Å². The third-order valence-electron chi connectivity index (χ3n) is 0.566. The number of hydrogen-bond acceptors (Lipinski definition) is 1. The van der Waals surface area contributed by atoms with Gasteiger partial charge in [-0.15, -0.1) is 0 Å². The predicted molar refractivity (Wildman–Crippen MR) is 24.2 cm³/mol. The van der Waals surface area contributed by atoms with Gasteiger partial charge in [0.05, 0.1) is 0 Å². The van der Waals surface area contributed by atoms with Crippen LogP contribution >= 0.6 is 0 Å². The summed E-state index contributed by atoms with van der Waals surface area (Å²) >= 11 is 0. The van der Waals surface area contributed by atoms with Crippen molar-refractivity contribution in [3.8, 4) is 0 Å². The summed E-state index contributed by atoms with van der Waals surface area (Å²) in [4.78, 5) is 3.78. The Labute approximate surface area is 140 Å². The molecule has 0 aliphatic rings. The summed E-state index contributed by atoms with van der Waals surface area (Å²) in [5.74, 6) is 0. The van der Waals surface area contributed by atoms with Crippen molar-refractivity contribution in [2.75, 3.05) is 0 Å². The Bertz CT molecular complexity index is 89.6. The van der Waals surface area contributed by atoms with Gasteiger partial charge in [0, 0.05) is 12.4 Å². The van der Waals surface area contributed by atoms with E-state index in [4.69, 9.17) is 0 Å². The fourth-order valence-corrected chi connectivity index (χ4v) is 0.313. The first kappa shape index (κ1) is 22.9. The first-order valence-corrected chi connectivity index (χ1v) is 1.85. The second kappa shape index (κ2) is 17.6. The van der Waals surface area contributed by atoms with Crippen LogP contribution in [0.1, 0.15) is 0 Å². The van der Waals surface area contributed by atoms with Gasteiger partial charge in [-0.25, -0.2) is 0 Å². The molecule has 1 aromatic heterocycles. The Hall–Kier alpha value is 2.61. The Morgan fingerprint density at radius 1 is 0.700 bits per heavy atom. The minimum absolute atomic E-state index is 0. The van der Waals surface area contributed by atoms with Gasteiger partial charge in [-0.05, 0) is 12.1 Å². The molecule has 0 atom stereocenters. The van der Waals surface area contributed by atoms with E-state index in [1.165, 1.54) is 0 Å². The molecule has 0 radical (unpaired) electrons. The molecule has 0 amide bonds. The molecule has 0 N–H and O–H groups in total. The summed E-state index contributed by atoms with van der Waals surface area (Å²) in [6.07, 6.45) is 3.50. The van der Waals surface area contributed by atoms with Crippen LogP contribution in [0.3, 0.4) is 0 Å². The van der Waals surface area contributed by atoms with E-state index in [2.05, 4.69) is 4.98 Å². The van der Waals surface area contributed by atoms with Gasteiger partial charge in [0.2, 0.25) is 0 Å². The van der Waals surface area contributed by atoms with Gasteiger partial charge < -0.3 is 48.0 Å². The van der Waals surface area contributed by atoms with Crippen molar-refractivity contribution in [3.63, 3.8) is 0 Å². The Morgan fingerprint density at radius 2 is 1.10 bits per heavy atom. The molecule has 0 bridgehead atoms. The van der Waals surface area contributed by atoms with Crippen LogP contribution in [0.2, 0.25) is 0 Å². The number of nitrogens with zero attached hydrogens (tertiary/aromatic N) is 1. The van der Waals surface area contributed by atoms with Gasteiger partial charge in [-0.3, -0.25) is 4.98 Å². The number of pyridine rings is 1. The van der Waals surface area contributed by atoms with Crippen molar-refractivity contribution in [2.24, 2.45) is 0 Å². The number of halogens is 2. The number of aromatic nitrogens is 1. The van der Waals surface area contributed by atoms with E-state index in [0.29, 0.717) is 0 Å². The maximum absolute atomic E-state index is 3.78. The first-order chi connectivity index (χ1) is 3.00. The van der Waals surface area contributed by atoms with E-state index in [9.17, 15) is 0 Å². The average molecular weight is 379 g/mol.